The van der Waals surface area contributed by atoms with Crippen molar-refractivity contribution in [3.63, 3.8) is 0 Å². The van der Waals surface area contributed by atoms with Crippen LogP contribution in [0.2, 0.25) is 0 Å². The zero-order chi connectivity index (χ0) is 15.2. The minimum absolute atomic E-state index is 0.232. The fourth-order valence-electron chi connectivity index (χ4n) is 2.29. The Morgan fingerprint density at radius 2 is 1.71 bits per heavy atom. The van der Waals surface area contributed by atoms with E-state index in [1.54, 1.807) is 0 Å². The molecule has 4 nitrogen and oxygen atoms in total. The largest absolute Gasteiger partial charge is 0.469 e. The number of methoxy groups -OCH3 is 1. The molecule has 2 N–H and O–H groups in total. The summed E-state index contributed by atoms with van der Waals surface area (Å²) in [6, 6.07) is 15.6. The van der Waals surface area contributed by atoms with Crippen LogP contribution in [0.15, 0.2) is 48.5 Å². The molecular formula is C17H20N2O2. The zero-order valence-corrected chi connectivity index (χ0v) is 12.4. The fourth-order valence-corrected chi connectivity index (χ4v) is 2.29. The van der Waals surface area contributed by atoms with Gasteiger partial charge in [0.1, 0.15) is 0 Å². The lowest BCUT2D eigenvalue weighted by atomic mass is 10.0. The standard InChI is InChI=1S/C17H20N2O2/c1-19(16-10-6-5-9-15(16)18)12-14-8-4-3-7-13(14)11-17(20)21-2/h3-10H,11-12,18H2,1-2H3. The number of benzene rings is 2. The van der Waals surface area contributed by atoms with Crippen molar-refractivity contribution in [2.75, 3.05) is 24.8 Å². The van der Waals surface area contributed by atoms with Gasteiger partial charge in [0, 0.05) is 13.6 Å². The Bertz CT molecular complexity index is 626. The van der Waals surface area contributed by atoms with Crippen molar-refractivity contribution in [3.8, 4) is 0 Å². The van der Waals surface area contributed by atoms with Gasteiger partial charge in [0.25, 0.3) is 0 Å². The van der Waals surface area contributed by atoms with Gasteiger partial charge >= 0.3 is 5.97 Å². The van der Waals surface area contributed by atoms with Gasteiger partial charge in [0.15, 0.2) is 0 Å². The van der Waals surface area contributed by atoms with E-state index in [4.69, 9.17) is 10.5 Å². The lowest BCUT2D eigenvalue weighted by Crippen LogP contribution is -2.19. The normalized spacial score (nSPS) is 10.2. The van der Waals surface area contributed by atoms with E-state index in [0.29, 0.717) is 6.54 Å². The third-order valence-electron chi connectivity index (χ3n) is 3.44. The molecule has 0 fully saturated rings. The van der Waals surface area contributed by atoms with Crippen molar-refractivity contribution in [2.24, 2.45) is 0 Å². The van der Waals surface area contributed by atoms with Gasteiger partial charge in [0.05, 0.1) is 24.9 Å². The molecular weight excluding hydrogens is 264 g/mol. The number of carbonyl (C=O) groups excluding carboxylic acids is 1. The minimum atomic E-state index is -0.232. The predicted octanol–water partition coefficient (Wildman–Crippen LogP) is 2.62. The number of esters is 1. The highest BCUT2D eigenvalue weighted by Crippen LogP contribution is 2.23. The van der Waals surface area contributed by atoms with Crippen molar-refractivity contribution < 1.29 is 9.53 Å². The second kappa shape index (κ2) is 6.79. The molecule has 0 aliphatic rings. The summed E-state index contributed by atoms with van der Waals surface area (Å²) in [4.78, 5) is 13.6. The SMILES string of the molecule is COC(=O)Cc1ccccc1CN(C)c1ccccc1N. The van der Waals surface area contributed by atoms with Gasteiger partial charge in [-0.3, -0.25) is 4.79 Å². The quantitative estimate of drug-likeness (QED) is 0.677. The van der Waals surface area contributed by atoms with Crippen LogP contribution in [0.4, 0.5) is 11.4 Å². The smallest absolute Gasteiger partial charge is 0.309 e. The Hall–Kier alpha value is -2.49. The van der Waals surface area contributed by atoms with E-state index >= 15 is 0 Å². The summed E-state index contributed by atoms with van der Waals surface area (Å²) in [5.41, 5.74) is 9.79. The van der Waals surface area contributed by atoms with Crippen LogP contribution in [0.25, 0.3) is 0 Å². The molecule has 110 valence electrons. The number of anilines is 2. The van der Waals surface area contributed by atoms with E-state index in [1.807, 2.05) is 55.6 Å². The average Bonchev–Trinajstić information content (AvgIpc) is 2.49. The number of nitrogens with zero attached hydrogens (tertiary/aromatic N) is 1. The Kier molecular flexibility index (Phi) is 4.82. The lowest BCUT2D eigenvalue weighted by molar-refractivity contribution is -0.139. The molecule has 2 aromatic carbocycles. The van der Waals surface area contributed by atoms with Crippen LogP contribution in [0.1, 0.15) is 11.1 Å². The first-order valence-corrected chi connectivity index (χ1v) is 6.81. The maximum Gasteiger partial charge on any atom is 0.309 e. The summed E-state index contributed by atoms with van der Waals surface area (Å²) in [5.74, 6) is -0.232. The number of hydrogen-bond acceptors (Lipinski definition) is 4. The number of nitrogen functional groups attached to an aromatic ring is 1. The molecule has 0 aliphatic carbocycles. The molecule has 2 rings (SSSR count). The van der Waals surface area contributed by atoms with Gasteiger partial charge in [-0.2, -0.15) is 0 Å². The number of ether oxygens (including phenoxy) is 1. The predicted molar refractivity (Wildman–Crippen MR) is 85.1 cm³/mol. The Balaban J connectivity index is 2.19. The molecule has 0 radical (unpaired) electrons. The van der Waals surface area contributed by atoms with Crippen LogP contribution in [0, 0.1) is 0 Å². The minimum Gasteiger partial charge on any atom is -0.469 e. The summed E-state index contributed by atoms with van der Waals surface area (Å²) in [5, 5.41) is 0. The van der Waals surface area contributed by atoms with Crippen LogP contribution in [0.3, 0.4) is 0 Å². The first kappa shape index (κ1) is 14.9. The van der Waals surface area contributed by atoms with Crippen LogP contribution < -0.4 is 10.6 Å². The molecule has 2 aromatic rings. The van der Waals surface area contributed by atoms with E-state index in [-0.39, 0.29) is 12.4 Å². The molecule has 0 saturated carbocycles. The van der Waals surface area contributed by atoms with E-state index in [9.17, 15) is 4.79 Å². The number of para-hydroxylation sites is 2. The number of hydrogen-bond donors (Lipinski definition) is 1. The van der Waals surface area contributed by atoms with Crippen LogP contribution in [-0.4, -0.2) is 20.1 Å². The van der Waals surface area contributed by atoms with Crippen molar-refractivity contribution in [1.29, 1.82) is 0 Å². The van der Waals surface area contributed by atoms with E-state index in [2.05, 4.69) is 4.90 Å². The molecule has 0 bridgehead atoms. The van der Waals surface area contributed by atoms with Crippen molar-refractivity contribution in [1.82, 2.24) is 0 Å². The van der Waals surface area contributed by atoms with E-state index in [1.165, 1.54) is 7.11 Å². The highest BCUT2D eigenvalue weighted by molar-refractivity contribution is 5.73. The molecule has 0 atom stereocenters. The molecule has 0 unspecified atom stereocenters. The molecule has 4 heteroatoms. The van der Waals surface area contributed by atoms with Gasteiger partial charge in [0.2, 0.25) is 0 Å². The van der Waals surface area contributed by atoms with E-state index in [0.717, 1.165) is 22.5 Å². The average molecular weight is 284 g/mol. The van der Waals surface area contributed by atoms with Crippen molar-refractivity contribution in [2.45, 2.75) is 13.0 Å². The molecule has 21 heavy (non-hydrogen) atoms. The number of rotatable bonds is 5. The van der Waals surface area contributed by atoms with Gasteiger partial charge in [-0.15, -0.1) is 0 Å². The Morgan fingerprint density at radius 1 is 1.10 bits per heavy atom. The topological polar surface area (TPSA) is 55.6 Å². The first-order chi connectivity index (χ1) is 10.1. The summed E-state index contributed by atoms with van der Waals surface area (Å²) in [6.45, 7) is 0.682. The van der Waals surface area contributed by atoms with Gasteiger partial charge in [-0.05, 0) is 23.3 Å². The highest BCUT2D eigenvalue weighted by Gasteiger charge is 2.11. The lowest BCUT2D eigenvalue weighted by Gasteiger charge is -2.22. The summed E-state index contributed by atoms with van der Waals surface area (Å²) in [6.07, 6.45) is 0.283. The second-order valence-corrected chi connectivity index (χ2v) is 4.94. The van der Waals surface area contributed by atoms with Crippen LogP contribution in [-0.2, 0) is 22.5 Å². The summed E-state index contributed by atoms with van der Waals surface area (Å²) < 4.78 is 4.75. The monoisotopic (exact) mass is 284 g/mol. The van der Waals surface area contributed by atoms with Gasteiger partial charge in [-0.25, -0.2) is 0 Å². The van der Waals surface area contributed by atoms with Crippen LogP contribution in [0.5, 0.6) is 0 Å². The molecule has 0 aromatic heterocycles. The van der Waals surface area contributed by atoms with E-state index < -0.39 is 0 Å². The summed E-state index contributed by atoms with van der Waals surface area (Å²) in [7, 11) is 3.39. The maximum atomic E-state index is 11.5. The number of nitrogens with two attached hydrogens (primary N) is 1. The molecule has 0 heterocycles. The molecule has 0 saturated heterocycles. The summed E-state index contributed by atoms with van der Waals surface area (Å²) >= 11 is 0. The number of carbonyl (C=O) groups is 1. The molecule has 0 spiro atoms. The Labute approximate surface area is 125 Å². The second-order valence-electron chi connectivity index (χ2n) is 4.94. The maximum absolute atomic E-state index is 11.5. The Morgan fingerprint density at radius 3 is 2.38 bits per heavy atom. The molecule has 0 aliphatic heterocycles. The highest BCUT2D eigenvalue weighted by atomic mass is 16.5. The van der Waals surface area contributed by atoms with Crippen molar-refractivity contribution >= 4 is 17.3 Å². The zero-order valence-electron chi connectivity index (χ0n) is 12.4. The third-order valence-corrected chi connectivity index (χ3v) is 3.44. The van der Waals surface area contributed by atoms with Crippen LogP contribution >= 0.6 is 0 Å². The fraction of sp³-hybridized carbons (Fsp3) is 0.235. The van der Waals surface area contributed by atoms with Crippen molar-refractivity contribution in [3.05, 3.63) is 59.7 Å². The third kappa shape index (κ3) is 3.75. The molecule has 0 amide bonds. The van der Waals surface area contributed by atoms with Gasteiger partial charge < -0.3 is 15.4 Å². The first-order valence-electron chi connectivity index (χ1n) is 6.81. The van der Waals surface area contributed by atoms with Gasteiger partial charge in [-0.1, -0.05) is 36.4 Å².